The average molecular weight is 146 g/mol. The minimum atomic E-state index is -2.30. The summed E-state index contributed by atoms with van der Waals surface area (Å²) in [5.74, 6) is 0. The van der Waals surface area contributed by atoms with Gasteiger partial charge in [0.15, 0.2) is 7.85 Å². The lowest BCUT2D eigenvalue weighted by molar-refractivity contribution is 0.155. The van der Waals surface area contributed by atoms with Crippen LogP contribution in [0.5, 0.6) is 0 Å². The Morgan fingerprint density at radius 2 is 2.11 bits per heavy atom. The Hall–Kier alpha value is -0.375. The normalized spacial score (nSPS) is 10.6. The molecule has 0 aromatic carbocycles. The third-order valence-corrected chi connectivity index (χ3v) is 1.98. The molecule has 0 nitrogen and oxygen atoms in total. The molecule has 0 fully saturated rings. The highest BCUT2D eigenvalue weighted by molar-refractivity contribution is 7.20. The summed E-state index contributed by atoms with van der Waals surface area (Å²) >= 11 is 1.15. The van der Waals surface area contributed by atoms with E-state index in [-0.39, 0.29) is 4.88 Å². The second-order valence-corrected chi connectivity index (χ2v) is 3.07. The first-order valence-electron chi connectivity index (χ1n) is 2.54. The fraction of sp³-hybridized carbons (Fsp3) is 0.200. The first-order valence-corrected chi connectivity index (χ1v) is 3.36. The molecule has 4 heteroatoms. The van der Waals surface area contributed by atoms with Gasteiger partial charge in [-0.25, -0.2) is 8.78 Å². The van der Waals surface area contributed by atoms with E-state index in [1.807, 2.05) is 7.85 Å². The highest BCUT2D eigenvalue weighted by atomic mass is 32.1. The van der Waals surface area contributed by atoms with Crippen molar-refractivity contribution in [2.75, 3.05) is 0 Å². The lowest BCUT2D eigenvalue weighted by atomic mass is 10.1. The molecule has 0 unspecified atom stereocenters. The predicted molar refractivity (Wildman–Crippen MR) is 37.5 cm³/mol. The summed E-state index contributed by atoms with van der Waals surface area (Å²) in [7, 11) is 1.82. The van der Waals surface area contributed by atoms with Crippen molar-refractivity contribution < 1.29 is 8.78 Å². The van der Waals surface area contributed by atoms with Crippen LogP contribution in [0.1, 0.15) is 11.3 Å². The SMILES string of the molecule is Bc1ccc(C(F)F)s1. The number of halogens is 2. The summed E-state index contributed by atoms with van der Waals surface area (Å²) in [4.78, 5) is 0.160. The summed E-state index contributed by atoms with van der Waals surface area (Å²) in [6.45, 7) is 0. The monoisotopic (exact) mass is 146 g/mol. The maximum Gasteiger partial charge on any atom is 0.272 e. The fourth-order valence-electron chi connectivity index (χ4n) is 0.571. The van der Waals surface area contributed by atoms with E-state index in [0.29, 0.717) is 0 Å². The van der Waals surface area contributed by atoms with Crippen LogP contribution in [0.25, 0.3) is 0 Å². The summed E-state index contributed by atoms with van der Waals surface area (Å²) in [5.41, 5.74) is 0. The molecular weight excluding hydrogens is 141 g/mol. The molecule has 0 amide bonds. The van der Waals surface area contributed by atoms with E-state index in [0.717, 1.165) is 16.1 Å². The third kappa shape index (κ3) is 1.51. The zero-order valence-corrected chi connectivity index (χ0v) is 5.71. The average Bonchev–Trinajstić information content (AvgIpc) is 2.14. The van der Waals surface area contributed by atoms with E-state index in [2.05, 4.69) is 0 Å². The molecule has 0 spiro atoms. The first-order chi connectivity index (χ1) is 4.20. The number of thiophene rings is 1. The van der Waals surface area contributed by atoms with Gasteiger partial charge in [0.1, 0.15) is 0 Å². The highest BCUT2D eigenvalue weighted by Crippen LogP contribution is 2.21. The molecule has 1 rings (SSSR count). The topological polar surface area (TPSA) is 0 Å². The molecule has 0 saturated heterocycles. The van der Waals surface area contributed by atoms with Gasteiger partial charge < -0.3 is 0 Å². The van der Waals surface area contributed by atoms with Crippen molar-refractivity contribution in [3.63, 3.8) is 0 Å². The molecule has 0 atom stereocenters. The lowest BCUT2D eigenvalue weighted by Gasteiger charge is -1.88. The molecule has 1 heterocycles. The Balaban J connectivity index is 2.85. The van der Waals surface area contributed by atoms with E-state index >= 15 is 0 Å². The Morgan fingerprint density at radius 1 is 1.44 bits per heavy atom. The van der Waals surface area contributed by atoms with Gasteiger partial charge in [-0.05, 0) is 10.8 Å². The van der Waals surface area contributed by atoms with Crippen molar-refractivity contribution in [2.45, 2.75) is 6.43 Å². The maximum atomic E-state index is 11.8. The van der Waals surface area contributed by atoms with Crippen LogP contribution in [0, 0.1) is 0 Å². The van der Waals surface area contributed by atoms with Gasteiger partial charge in [0.05, 0.1) is 4.88 Å². The van der Waals surface area contributed by atoms with Crippen molar-refractivity contribution in [1.29, 1.82) is 0 Å². The number of rotatable bonds is 1. The minimum Gasteiger partial charge on any atom is -0.204 e. The zero-order valence-electron chi connectivity index (χ0n) is 4.90. The first kappa shape index (κ1) is 6.74. The Kier molecular flexibility index (Phi) is 1.85. The van der Waals surface area contributed by atoms with E-state index in [1.54, 1.807) is 6.07 Å². The van der Waals surface area contributed by atoms with Crippen LogP contribution in [0.2, 0.25) is 0 Å². The number of hydrogen-bond donors (Lipinski definition) is 0. The maximum absolute atomic E-state index is 11.8. The summed E-state index contributed by atoms with van der Waals surface area (Å²) in [6, 6.07) is 3.16. The molecule has 0 bridgehead atoms. The molecule has 48 valence electrons. The van der Waals surface area contributed by atoms with E-state index in [9.17, 15) is 8.78 Å². The molecule has 1 aromatic heterocycles. The minimum absolute atomic E-state index is 0.160. The van der Waals surface area contributed by atoms with Crippen LogP contribution < -0.4 is 4.78 Å². The Morgan fingerprint density at radius 3 is 2.33 bits per heavy atom. The smallest absolute Gasteiger partial charge is 0.204 e. The molecular formula is C5H5BF2S. The van der Waals surface area contributed by atoms with Gasteiger partial charge in [0, 0.05) is 0 Å². The van der Waals surface area contributed by atoms with Crippen LogP contribution in [0.15, 0.2) is 12.1 Å². The molecule has 1 aromatic rings. The van der Waals surface area contributed by atoms with Crippen LogP contribution in [0.4, 0.5) is 8.78 Å². The summed E-state index contributed by atoms with van der Waals surface area (Å²) in [5, 5.41) is 0. The van der Waals surface area contributed by atoms with Gasteiger partial charge in [0.25, 0.3) is 6.43 Å². The predicted octanol–water partition coefficient (Wildman–Crippen LogP) is 0.944. The summed E-state index contributed by atoms with van der Waals surface area (Å²) in [6.07, 6.45) is -2.30. The largest absolute Gasteiger partial charge is 0.272 e. The molecule has 0 saturated carbocycles. The van der Waals surface area contributed by atoms with Crippen LogP contribution in [-0.2, 0) is 0 Å². The quantitative estimate of drug-likeness (QED) is 0.517. The molecule has 0 N–H and O–H groups in total. The Labute approximate surface area is 56.9 Å². The van der Waals surface area contributed by atoms with Gasteiger partial charge >= 0.3 is 0 Å². The van der Waals surface area contributed by atoms with Crippen molar-refractivity contribution in [3.05, 3.63) is 17.0 Å². The van der Waals surface area contributed by atoms with Crippen molar-refractivity contribution in [3.8, 4) is 0 Å². The number of hydrogen-bond acceptors (Lipinski definition) is 1. The van der Waals surface area contributed by atoms with E-state index in [4.69, 9.17) is 0 Å². The van der Waals surface area contributed by atoms with Gasteiger partial charge in [0.2, 0.25) is 0 Å². The molecule has 0 aliphatic carbocycles. The highest BCUT2D eigenvalue weighted by Gasteiger charge is 2.07. The van der Waals surface area contributed by atoms with Crippen LogP contribution >= 0.6 is 11.3 Å². The molecule has 0 radical (unpaired) electrons. The second kappa shape index (κ2) is 2.48. The van der Waals surface area contributed by atoms with Crippen molar-refractivity contribution >= 4 is 24.0 Å². The Bertz CT molecular complexity index is 197. The van der Waals surface area contributed by atoms with Gasteiger partial charge in [-0.1, -0.05) is 6.07 Å². The van der Waals surface area contributed by atoms with Gasteiger partial charge in [-0.2, -0.15) is 11.3 Å². The van der Waals surface area contributed by atoms with Crippen molar-refractivity contribution in [2.24, 2.45) is 0 Å². The van der Waals surface area contributed by atoms with Crippen LogP contribution in [0.3, 0.4) is 0 Å². The fourth-order valence-corrected chi connectivity index (χ4v) is 1.30. The third-order valence-electron chi connectivity index (χ3n) is 0.976. The van der Waals surface area contributed by atoms with E-state index in [1.165, 1.54) is 6.07 Å². The summed E-state index contributed by atoms with van der Waals surface area (Å²) < 4.78 is 24.5. The molecule has 0 aliphatic heterocycles. The molecule has 0 aliphatic rings. The lowest BCUT2D eigenvalue weighted by Crippen LogP contribution is -1.89. The zero-order chi connectivity index (χ0) is 6.85. The van der Waals surface area contributed by atoms with E-state index < -0.39 is 6.43 Å². The van der Waals surface area contributed by atoms with Gasteiger partial charge in [-0.3, -0.25) is 0 Å². The van der Waals surface area contributed by atoms with Crippen LogP contribution in [-0.4, -0.2) is 7.85 Å². The van der Waals surface area contributed by atoms with Gasteiger partial charge in [-0.15, -0.1) is 0 Å². The standard InChI is InChI=1S/C5H5BF2S/c6-4-2-1-3(9-4)5(7)8/h1-2,5H,6H2. The molecule has 9 heavy (non-hydrogen) atoms. The van der Waals surface area contributed by atoms with Crippen molar-refractivity contribution in [1.82, 2.24) is 0 Å². The second-order valence-electron chi connectivity index (χ2n) is 1.75. The number of alkyl halides is 2.